The van der Waals surface area contributed by atoms with Crippen LogP contribution in [0, 0.1) is 5.92 Å². The van der Waals surface area contributed by atoms with Crippen LogP contribution in [-0.2, 0) is 16.0 Å². The second kappa shape index (κ2) is 8.85. The van der Waals surface area contributed by atoms with E-state index in [0.717, 1.165) is 31.2 Å². The molecule has 1 aliphatic carbocycles. The number of benzene rings is 1. The van der Waals surface area contributed by atoms with Crippen molar-refractivity contribution in [2.75, 3.05) is 6.61 Å². The maximum atomic E-state index is 13.0. The zero-order valence-electron chi connectivity index (χ0n) is 15.9. The Balaban J connectivity index is 1.61. The van der Waals surface area contributed by atoms with Crippen molar-refractivity contribution in [3.8, 4) is 0 Å². The molecule has 0 unspecified atom stereocenters. The van der Waals surface area contributed by atoms with Crippen LogP contribution in [-0.4, -0.2) is 57.8 Å². The maximum Gasteiger partial charge on any atom is 0.320 e. The lowest BCUT2D eigenvalue weighted by Crippen LogP contribution is -2.54. The van der Waals surface area contributed by atoms with Crippen LogP contribution in [0.3, 0.4) is 0 Å². The van der Waals surface area contributed by atoms with Gasteiger partial charge in [0.15, 0.2) is 0 Å². The average Bonchev–Trinajstić information content (AvgIpc) is 3.25. The van der Waals surface area contributed by atoms with Crippen LogP contribution in [0.5, 0.6) is 0 Å². The fourth-order valence-corrected chi connectivity index (χ4v) is 4.73. The van der Waals surface area contributed by atoms with E-state index in [2.05, 4.69) is 5.32 Å². The van der Waals surface area contributed by atoms with E-state index in [1.54, 1.807) is 6.92 Å². The van der Waals surface area contributed by atoms with Crippen molar-refractivity contribution in [3.63, 3.8) is 0 Å². The van der Waals surface area contributed by atoms with Crippen LogP contribution in [0.1, 0.15) is 44.6 Å². The van der Waals surface area contributed by atoms with Crippen molar-refractivity contribution < 1.29 is 19.8 Å². The van der Waals surface area contributed by atoms with Gasteiger partial charge < -0.3 is 15.1 Å². The van der Waals surface area contributed by atoms with Crippen molar-refractivity contribution in [2.24, 2.45) is 5.92 Å². The predicted molar refractivity (Wildman–Crippen MR) is 102 cm³/mol. The number of aliphatic carboxylic acids is 1. The lowest BCUT2D eigenvalue weighted by atomic mass is 10.0. The number of carbonyl (C=O) groups is 2. The number of hydrogen-bond donors (Lipinski definition) is 3. The molecule has 2 aliphatic rings. The monoisotopic (exact) mass is 374 g/mol. The van der Waals surface area contributed by atoms with E-state index in [1.165, 1.54) is 0 Å². The van der Waals surface area contributed by atoms with Crippen molar-refractivity contribution in [3.05, 3.63) is 35.9 Å². The molecular formula is C21H30N2O4. The van der Waals surface area contributed by atoms with Gasteiger partial charge in [0.05, 0.1) is 18.7 Å². The Bertz CT molecular complexity index is 651. The molecule has 1 heterocycles. The van der Waals surface area contributed by atoms with E-state index in [-0.39, 0.29) is 24.6 Å². The van der Waals surface area contributed by atoms with Gasteiger partial charge in [-0.05, 0) is 50.5 Å². The van der Waals surface area contributed by atoms with E-state index < -0.39 is 18.1 Å². The summed E-state index contributed by atoms with van der Waals surface area (Å²) in [6, 6.07) is 8.45. The molecule has 3 N–H and O–H groups in total. The number of carboxylic acid groups (broad SMARTS) is 1. The summed E-state index contributed by atoms with van der Waals surface area (Å²) in [7, 11) is 0. The number of hydrogen-bond acceptors (Lipinski definition) is 4. The molecule has 148 valence electrons. The number of aliphatic hydroxyl groups excluding tert-OH is 1. The number of carboxylic acids is 1. The molecule has 1 aliphatic heterocycles. The quantitative estimate of drug-likeness (QED) is 0.646. The summed E-state index contributed by atoms with van der Waals surface area (Å²) >= 11 is 0. The van der Waals surface area contributed by atoms with Crippen LogP contribution < -0.4 is 5.32 Å². The molecule has 1 saturated carbocycles. The highest BCUT2D eigenvalue weighted by Gasteiger charge is 2.46. The minimum absolute atomic E-state index is 0.0260. The summed E-state index contributed by atoms with van der Waals surface area (Å²) < 4.78 is 0. The molecule has 2 fully saturated rings. The molecular weight excluding hydrogens is 344 g/mol. The van der Waals surface area contributed by atoms with Crippen molar-refractivity contribution >= 4 is 11.9 Å². The number of aliphatic hydroxyl groups is 1. The largest absolute Gasteiger partial charge is 0.480 e. The minimum atomic E-state index is -0.940. The maximum absolute atomic E-state index is 13.0. The molecule has 0 aromatic heterocycles. The van der Waals surface area contributed by atoms with Crippen LogP contribution >= 0.6 is 0 Å². The first-order valence-corrected chi connectivity index (χ1v) is 9.97. The van der Waals surface area contributed by atoms with E-state index in [1.807, 2.05) is 35.2 Å². The van der Waals surface area contributed by atoms with Gasteiger partial charge in [0.25, 0.3) is 0 Å². The van der Waals surface area contributed by atoms with Gasteiger partial charge in [0, 0.05) is 6.04 Å². The Morgan fingerprint density at radius 1 is 1.26 bits per heavy atom. The summed E-state index contributed by atoms with van der Waals surface area (Å²) in [6.07, 6.45) is 5.13. The number of likely N-dealkylation sites (tertiary alicyclic amines) is 1. The van der Waals surface area contributed by atoms with Crippen molar-refractivity contribution in [1.82, 2.24) is 10.2 Å². The summed E-state index contributed by atoms with van der Waals surface area (Å²) in [5, 5.41) is 22.3. The first-order valence-electron chi connectivity index (χ1n) is 9.97. The highest BCUT2D eigenvalue weighted by atomic mass is 16.4. The van der Waals surface area contributed by atoms with E-state index in [9.17, 15) is 19.8 Å². The lowest BCUT2D eigenvalue weighted by molar-refractivity contribution is -0.141. The SMILES string of the molecule is C[C@H](N[C@@H](CCc1ccccc1)C(=O)O)C(=O)N1[C@H](CO)C[C@@H]2CCC[C@@H]21. The van der Waals surface area contributed by atoms with Gasteiger partial charge in [-0.25, -0.2) is 0 Å². The Morgan fingerprint density at radius 3 is 2.67 bits per heavy atom. The Kier molecular flexibility index (Phi) is 6.50. The van der Waals surface area contributed by atoms with Gasteiger partial charge in [0.1, 0.15) is 6.04 Å². The zero-order chi connectivity index (χ0) is 19.4. The van der Waals surface area contributed by atoms with E-state index in [4.69, 9.17) is 0 Å². The standard InChI is InChI=1S/C21H30N2O4/c1-14(20(25)23-17(13-24)12-16-8-5-9-19(16)23)22-18(21(26)27)11-10-15-6-3-2-4-7-15/h2-4,6-7,14,16-19,22,24H,5,8-13H2,1H3,(H,26,27)/t14-,16-,17-,18-,19-/m0/s1. The van der Waals surface area contributed by atoms with Crippen LogP contribution in [0.2, 0.25) is 0 Å². The van der Waals surface area contributed by atoms with Crippen LogP contribution in [0.4, 0.5) is 0 Å². The number of amides is 1. The summed E-state index contributed by atoms with van der Waals surface area (Å²) in [5.41, 5.74) is 1.08. The molecule has 0 radical (unpaired) electrons. The molecule has 6 nitrogen and oxygen atoms in total. The Labute approximate surface area is 160 Å². The highest BCUT2D eigenvalue weighted by Crippen LogP contribution is 2.41. The molecule has 6 heteroatoms. The van der Waals surface area contributed by atoms with Gasteiger partial charge in [-0.15, -0.1) is 0 Å². The highest BCUT2D eigenvalue weighted by molar-refractivity contribution is 5.83. The molecule has 3 rings (SSSR count). The lowest BCUT2D eigenvalue weighted by Gasteiger charge is -2.32. The molecule has 5 atom stereocenters. The summed E-state index contributed by atoms with van der Waals surface area (Å²) in [4.78, 5) is 26.6. The molecule has 1 aromatic carbocycles. The van der Waals surface area contributed by atoms with Crippen molar-refractivity contribution in [1.29, 1.82) is 0 Å². The smallest absolute Gasteiger partial charge is 0.320 e. The minimum Gasteiger partial charge on any atom is -0.480 e. The van der Waals surface area contributed by atoms with Crippen LogP contribution in [0.25, 0.3) is 0 Å². The van der Waals surface area contributed by atoms with Gasteiger partial charge in [-0.3, -0.25) is 14.9 Å². The third-order valence-electron chi connectivity index (χ3n) is 6.09. The number of carbonyl (C=O) groups excluding carboxylic acids is 1. The molecule has 1 amide bonds. The van der Waals surface area contributed by atoms with Crippen molar-refractivity contribution in [2.45, 2.75) is 69.6 Å². The molecule has 1 aromatic rings. The molecule has 27 heavy (non-hydrogen) atoms. The summed E-state index contributed by atoms with van der Waals surface area (Å²) in [6.45, 7) is 1.71. The number of nitrogens with zero attached hydrogens (tertiary/aromatic N) is 1. The van der Waals surface area contributed by atoms with E-state index in [0.29, 0.717) is 18.8 Å². The number of aryl methyl sites for hydroxylation is 1. The van der Waals surface area contributed by atoms with Gasteiger partial charge in [-0.1, -0.05) is 36.8 Å². The Morgan fingerprint density at radius 2 is 2.00 bits per heavy atom. The fourth-order valence-electron chi connectivity index (χ4n) is 4.73. The van der Waals surface area contributed by atoms with Gasteiger partial charge >= 0.3 is 5.97 Å². The second-order valence-electron chi connectivity index (χ2n) is 7.88. The predicted octanol–water partition coefficient (Wildman–Crippen LogP) is 1.81. The third-order valence-corrected chi connectivity index (χ3v) is 6.09. The number of nitrogens with one attached hydrogen (secondary N) is 1. The zero-order valence-corrected chi connectivity index (χ0v) is 15.9. The third kappa shape index (κ3) is 4.50. The van der Waals surface area contributed by atoms with Crippen LogP contribution in [0.15, 0.2) is 30.3 Å². The molecule has 0 spiro atoms. The van der Waals surface area contributed by atoms with Gasteiger partial charge in [-0.2, -0.15) is 0 Å². The van der Waals surface area contributed by atoms with E-state index >= 15 is 0 Å². The average molecular weight is 374 g/mol. The first kappa shape index (κ1) is 19.8. The normalized spacial score (nSPS) is 26.6. The molecule has 0 bridgehead atoms. The topological polar surface area (TPSA) is 89.9 Å². The molecule has 1 saturated heterocycles. The van der Waals surface area contributed by atoms with Gasteiger partial charge in [0.2, 0.25) is 5.91 Å². The Hall–Kier alpha value is -1.92. The number of fused-ring (bicyclic) bond motifs is 1. The summed E-state index contributed by atoms with van der Waals surface area (Å²) in [5.74, 6) is -0.550. The number of rotatable bonds is 8. The first-order chi connectivity index (χ1) is 13.0. The fraction of sp³-hybridized carbons (Fsp3) is 0.619. The second-order valence-corrected chi connectivity index (χ2v) is 7.88.